The van der Waals surface area contributed by atoms with Gasteiger partial charge in [0.25, 0.3) is 0 Å². The van der Waals surface area contributed by atoms with Crippen molar-refractivity contribution in [3.63, 3.8) is 0 Å². The molecule has 1 amide bonds. The summed E-state index contributed by atoms with van der Waals surface area (Å²) in [5, 5.41) is 34.0. The molecule has 0 heterocycles. The summed E-state index contributed by atoms with van der Waals surface area (Å²) in [5.41, 5.74) is 4.00. The number of fused-ring (bicyclic) bond motifs is 3. The van der Waals surface area contributed by atoms with Crippen molar-refractivity contribution in [1.82, 2.24) is 4.90 Å². The average molecular weight is 598 g/mol. The Morgan fingerprint density at radius 2 is 2.00 bits per heavy atom. The highest BCUT2D eigenvalue weighted by Crippen LogP contribution is 2.52. The van der Waals surface area contributed by atoms with Crippen molar-refractivity contribution in [3.05, 3.63) is 38.2 Å². The predicted molar refractivity (Wildman–Crippen MR) is 135 cm³/mol. The number of aliphatic hydroxyl groups is 3. The summed E-state index contributed by atoms with van der Waals surface area (Å²) in [6.45, 7) is 2.46. The minimum absolute atomic E-state index is 0.0379. The number of allylic oxidation sites excluding steroid dienone is 1. The van der Waals surface area contributed by atoms with Crippen LogP contribution in [0.3, 0.4) is 0 Å². The van der Waals surface area contributed by atoms with Gasteiger partial charge in [0.2, 0.25) is 5.91 Å². The number of hydrogen-bond donors (Lipinski definition) is 4. The van der Waals surface area contributed by atoms with E-state index in [1.165, 1.54) is 0 Å². The molecule has 3 aliphatic rings. The fraction of sp³-hybridized carbons (Fsp3) is 0.560. The summed E-state index contributed by atoms with van der Waals surface area (Å²) in [5.74, 6) is -6.16. The highest BCUT2D eigenvalue weighted by molar-refractivity contribution is 14.1. The van der Waals surface area contributed by atoms with E-state index >= 15 is 0 Å². The molecule has 190 valence electrons. The quantitative estimate of drug-likeness (QED) is 0.218. The summed E-state index contributed by atoms with van der Waals surface area (Å²) < 4.78 is 6.77. The molecule has 9 nitrogen and oxygen atoms in total. The lowest BCUT2D eigenvalue weighted by Crippen LogP contribution is -2.71. The van der Waals surface area contributed by atoms with Crippen molar-refractivity contribution in [1.29, 1.82) is 0 Å². The molecule has 1 aromatic rings. The van der Waals surface area contributed by atoms with Crippen molar-refractivity contribution in [2.45, 2.75) is 50.4 Å². The molecular formula is C25H31IN2O7. The third-order valence-corrected chi connectivity index (χ3v) is 8.67. The topological polar surface area (TPSA) is 150 Å². The number of nitrogens with two attached hydrogens (primary N) is 1. The van der Waals surface area contributed by atoms with Crippen LogP contribution in [0.4, 0.5) is 0 Å². The second-order valence-corrected chi connectivity index (χ2v) is 11.1. The number of halogens is 1. The average Bonchev–Trinajstić information content (AvgIpc) is 2.77. The molecule has 10 heteroatoms. The first-order valence-electron chi connectivity index (χ1n) is 11.8. The first kappa shape index (κ1) is 26.1. The van der Waals surface area contributed by atoms with Gasteiger partial charge in [0.05, 0.1) is 18.3 Å². The number of carbonyl (C=O) groups is 3. The van der Waals surface area contributed by atoms with Crippen LogP contribution < -0.4 is 10.5 Å². The van der Waals surface area contributed by atoms with Gasteiger partial charge in [0.15, 0.2) is 17.2 Å². The van der Waals surface area contributed by atoms with E-state index in [4.69, 9.17) is 10.5 Å². The van der Waals surface area contributed by atoms with Crippen molar-refractivity contribution in [3.8, 4) is 5.75 Å². The number of likely N-dealkylation sites (N-methyl/N-ethyl adjacent to an activating group) is 1. The Balaban J connectivity index is 1.88. The molecule has 6 atom stereocenters. The fourth-order valence-corrected chi connectivity index (χ4v) is 6.67. The van der Waals surface area contributed by atoms with Gasteiger partial charge in [-0.3, -0.25) is 14.4 Å². The van der Waals surface area contributed by atoms with E-state index < -0.39 is 58.7 Å². The van der Waals surface area contributed by atoms with Gasteiger partial charge in [-0.25, -0.2) is 0 Å². The molecule has 1 saturated carbocycles. The predicted octanol–water partition coefficient (Wildman–Crippen LogP) is 1.36. The Hall–Kier alpha value is -2.02. The number of rotatable bonds is 6. The molecule has 5 N–H and O–H groups in total. The van der Waals surface area contributed by atoms with Crippen LogP contribution in [0.1, 0.15) is 42.1 Å². The number of aliphatic hydroxyl groups excluding tert-OH is 2. The molecule has 1 aromatic carbocycles. The number of benzene rings is 1. The molecule has 35 heavy (non-hydrogen) atoms. The molecule has 0 aliphatic heterocycles. The van der Waals surface area contributed by atoms with Gasteiger partial charge < -0.3 is 30.7 Å². The largest absolute Gasteiger partial charge is 0.508 e. The lowest BCUT2D eigenvalue weighted by atomic mass is 9.56. The maximum atomic E-state index is 13.8. The van der Waals surface area contributed by atoms with Crippen LogP contribution in [-0.4, -0.2) is 76.1 Å². The number of amides is 1. The van der Waals surface area contributed by atoms with Gasteiger partial charge in [0, 0.05) is 21.1 Å². The third-order valence-electron chi connectivity index (χ3n) is 7.66. The molecular weight excluding hydrogens is 567 g/mol. The zero-order valence-electron chi connectivity index (χ0n) is 20.0. The van der Waals surface area contributed by atoms with Crippen LogP contribution in [-0.2, 0) is 16.0 Å². The molecule has 0 bridgehead atoms. The Kier molecular flexibility index (Phi) is 7.04. The smallest absolute Gasteiger partial charge is 0.230 e. The molecule has 3 aliphatic carbocycles. The highest BCUT2D eigenvalue weighted by atomic mass is 127. The van der Waals surface area contributed by atoms with Crippen molar-refractivity contribution in [2.24, 2.45) is 23.5 Å². The van der Waals surface area contributed by atoms with Crippen LogP contribution in [0.15, 0.2) is 23.5 Å². The van der Waals surface area contributed by atoms with Gasteiger partial charge in [-0.1, -0.05) is 13.3 Å². The minimum atomic E-state index is -2.52. The minimum Gasteiger partial charge on any atom is -0.508 e. The molecule has 0 saturated heterocycles. The van der Waals surface area contributed by atoms with Gasteiger partial charge >= 0.3 is 0 Å². The van der Waals surface area contributed by atoms with Crippen LogP contribution in [0.25, 0.3) is 0 Å². The number of carbonyl (C=O) groups excluding carboxylic acids is 3. The zero-order chi connectivity index (χ0) is 25.8. The van der Waals surface area contributed by atoms with Gasteiger partial charge in [0.1, 0.15) is 17.4 Å². The van der Waals surface area contributed by atoms with Crippen molar-refractivity contribution >= 4 is 40.1 Å². The normalized spacial score (nSPS) is 32.3. The second kappa shape index (κ2) is 9.45. The van der Waals surface area contributed by atoms with Gasteiger partial charge in [-0.05, 0) is 79.6 Å². The van der Waals surface area contributed by atoms with E-state index in [1.54, 1.807) is 25.1 Å². The molecule has 0 radical (unpaired) electrons. The van der Waals surface area contributed by atoms with Crippen LogP contribution in [0.2, 0.25) is 0 Å². The van der Waals surface area contributed by atoms with Crippen molar-refractivity contribution < 1.29 is 34.4 Å². The van der Waals surface area contributed by atoms with E-state index in [1.807, 2.05) is 13.0 Å². The summed E-state index contributed by atoms with van der Waals surface area (Å²) in [7, 11) is 3.31. The third kappa shape index (κ3) is 3.89. The first-order valence-corrected chi connectivity index (χ1v) is 12.9. The number of unbranched alkanes of at least 4 members (excludes halogenated alkanes) is 1. The second-order valence-electron chi connectivity index (χ2n) is 9.89. The number of ether oxygens (including phenoxy) is 1. The molecule has 2 unspecified atom stereocenters. The highest BCUT2D eigenvalue weighted by Gasteiger charge is 2.66. The maximum Gasteiger partial charge on any atom is 0.230 e. The number of primary amides is 1. The van der Waals surface area contributed by atoms with E-state index in [0.717, 1.165) is 22.0 Å². The van der Waals surface area contributed by atoms with E-state index in [9.17, 15) is 29.7 Å². The molecule has 4 rings (SSSR count). The number of ketones is 2. The van der Waals surface area contributed by atoms with Crippen LogP contribution >= 0.6 is 22.6 Å². The monoisotopic (exact) mass is 598 g/mol. The standard InChI is InChI=1S/C25H31IN2O7/c1-4-5-8-35-15-7-6-14(26)12-9-11-10-13-19(28(2)3)21(30)18(24(27)33)23(32)25(13,34)22(31)16(11)20(29)17(12)15/h6-7,11,13,18-19,21,30-31,34H,4-5,8-10H2,1-3H3,(H2,27,33)/t11-,13-,18?,19-,21?,25-/m0/s1. The molecule has 0 spiro atoms. The number of nitrogens with zero attached hydrogens (tertiary/aromatic N) is 1. The number of hydrogen-bond acceptors (Lipinski definition) is 8. The van der Waals surface area contributed by atoms with Crippen LogP contribution in [0.5, 0.6) is 5.75 Å². The number of Topliss-reactive ketones (excluding diaryl/α,β-unsaturated/α-hetero) is 2. The Labute approximate surface area is 217 Å². The first-order chi connectivity index (χ1) is 16.5. The van der Waals surface area contributed by atoms with Crippen LogP contribution in [0, 0.1) is 21.3 Å². The molecule has 1 fully saturated rings. The van der Waals surface area contributed by atoms with Gasteiger partial charge in [-0.15, -0.1) is 0 Å². The lowest BCUT2D eigenvalue weighted by molar-refractivity contribution is -0.178. The Morgan fingerprint density at radius 3 is 2.60 bits per heavy atom. The lowest BCUT2D eigenvalue weighted by Gasteiger charge is -2.53. The summed E-state index contributed by atoms with van der Waals surface area (Å²) >= 11 is 2.17. The zero-order valence-corrected chi connectivity index (χ0v) is 22.1. The molecule has 0 aromatic heterocycles. The van der Waals surface area contributed by atoms with Crippen molar-refractivity contribution in [2.75, 3.05) is 20.7 Å². The fourth-order valence-electron chi connectivity index (χ4n) is 6.00. The van der Waals surface area contributed by atoms with Gasteiger partial charge in [-0.2, -0.15) is 0 Å². The Morgan fingerprint density at radius 1 is 1.31 bits per heavy atom. The maximum absolute atomic E-state index is 13.8. The van der Waals surface area contributed by atoms with E-state index in [2.05, 4.69) is 22.6 Å². The summed E-state index contributed by atoms with van der Waals surface area (Å²) in [6, 6.07) is 2.76. The van der Waals surface area contributed by atoms with E-state index in [0.29, 0.717) is 24.3 Å². The van der Waals surface area contributed by atoms with E-state index in [-0.39, 0.29) is 12.0 Å². The summed E-state index contributed by atoms with van der Waals surface area (Å²) in [6.07, 6.45) is 0.838. The Bertz CT molecular complexity index is 1120. The SMILES string of the molecule is CCCCOc1ccc(I)c2c1C(=O)C1=C(O)[C@]3(O)C(=O)C(C(N)=O)C(O)[C@@H](N(C)C)[C@@H]3C[C@@H]1C2. The summed E-state index contributed by atoms with van der Waals surface area (Å²) in [4.78, 5) is 40.9.